The molecule has 0 spiro atoms. The highest BCUT2D eigenvalue weighted by molar-refractivity contribution is 9.10. The van der Waals surface area contributed by atoms with Gasteiger partial charge in [0.05, 0.1) is 12.2 Å². The molecule has 1 unspecified atom stereocenters. The number of hydrazine groups is 1. The van der Waals surface area contributed by atoms with Gasteiger partial charge in [-0.1, -0.05) is 0 Å². The van der Waals surface area contributed by atoms with Gasteiger partial charge in [0.2, 0.25) is 0 Å². The Balaban J connectivity index is 2.41. The van der Waals surface area contributed by atoms with Gasteiger partial charge in [-0.25, -0.2) is 5.43 Å². The molecule has 0 aliphatic heterocycles. The molecule has 5 nitrogen and oxygen atoms in total. The van der Waals surface area contributed by atoms with Crippen molar-refractivity contribution in [2.24, 2.45) is 5.84 Å². The van der Waals surface area contributed by atoms with Crippen molar-refractivity contribution in [3.05, 3.63) is 32.6 Å². The zero-order valence-electron chi connectivity index (χ0n) is 7.70. The van der Waals surface area contributed by atoms with Crippen molar-refractivity contribution in [2.75, 3.05) is 5.73 Å². The fraction of sp³-hybridized carbons (Fsp3) is 0.125. The standard InChI is InChI=1S/C8H10BrN5S/c9-6-3-15-2-5(6)7(13-11)4-1-12-14-8(4)10/h1-3,7,13H,11H2,(H3,10,12,14). The van der Waals surface area contributed by atoms with Crippen LogP contribution in [0.4, 0.5) is 5.82 Å². The first-order valence-corrected chi connectivity index (χ1v) is 5.94. The minimum atomic E-state index is -0.149. The third-order valence-electron chi connectivity index (χ3n) is 2.13. The number of halogens is 1. The van der Waals surface area contributed by atoms with E-state index in [9.17, 15) is 0 Å². The molecule has 1 atom stereocenters. The Hall–Kier alpha value is -0.890. The number of nitrogen functional groups attached to an aromatic ring is 1. The quantitative estimate of drug-likeness (QED) is 0.507. The highest BCUT2D eigenvalue weighted by atomic mass is 79.9. The number of anilines is 1. The van der Waals surface area contributed by atoms with E-state index in [4.69, 9.17) is 11.6 Å². The number of nitrogens with two attached hydrogens (primary N) is 2. The van der Waals surface area contributed by atoms with E-state index in [1.807, 2.05) is 10.8 Å². The highest BCUT2D eigenvalue weighted by Crippen LogP contribution is 2.32. The Bertz CT molecular complexity index is 411. The van der Waals surface area contributed by atoms with Crippen molar-refractivity contribution in [1.29, 1.82) is 0 Å². The monoisotopic (exact) mass is 287 g/mol. The fourth-order valence-electron chi connectivity index (χ4n) is 1.38. The lowest BCUT2D eigenvalue weighted by molar-refractivity contribution is 0.638. The van der Waals surface area contributed by atoms with Gasteiger partial charge in [0, 0.05) is 15.4 Å². The summed E-state index contributed by atoms with van der Waals surface area (Å²) in [6.45, 7) is 0. The molecular weight excluding hydrogens is 278 g/mol. The molecule has 2 aromatic rings. The Morgan fingerprint density at radius 2 is 2.27 bits per heavy atom. The van der Waals surface area contributed by atoms with Crippen LogP contribution in [0, 0.1) is 0 Å². The van der Waals surface area contributed by atoms with Crippen LogP contribution in [0.15, 0.2) is 21.4 Å². The number of hydrogen-bond acceptors (Lipinski definition) is 5. The molecule has 6 N–H and O–H groups in total. The molecule has 0 saturated carbocycles. The molecule has 0 radical (unpaired) electrons. The van der Waals surface area contributed by atoms with Crippen molar-refractivity contribution < 1.29 is 0 Å². The van der Waals surface area contributed by atoms with Crippen molar-refractivity contribution in [2.45, 2.75) is 6.04 Å². The van der Waals surface area contributed by atoms with E-state index in [1.54, 1.807) is 17.5 Å². The molecule has 0 aliphatic rings. The van der Waals surface area contributed by atoms with E-state index in [2.05, 4.69) is 31.6 Å². The summed E-state index contributed by atoms with van der Waals surface area (Å²) in [4.78, 5) is 0. The lowest BCUT2D eigenvalue weighted by Gasteiger charge is -2.14. The van der Waals surface area contributed by atoms with Crippen LogP contribution in [0.25, 0.3) is 0 Å². The zero-order chi connectivity index (χ0) is 10.8. The Labute approximate surface area is 99.0 Å². The maximum atomic E-state index is 5.75. The van der Waals surface area contributed by atoms with Crippen LogP contribution in [0.3, 0.4) is 0 Å². The second-order valence-corrected chi connectivity index (χ2v) is 4.61. The van der Waals surface area contributed by atoms with Gasteiger partial charge in [-0.15, -0.1) is 0 Å². The number of nitrogens with zero attached hydrogens (tertiary/aromatic N) is 1. The lowest BCUT2D eigenvalue weighted by Crippen LogP contribution is -2.29. The summed E-state index contributed by atoms with van der Waals surface area (Å²) < 4.78 is 1.01. The van der Waals surface area contributed by atoms with E-state index in [0.717, 1.165) is 15.6 Å². The van der Waals surface area contributed by atoms with E-state index in [1.165, 1.54) is 0 Å². The topological polar surface area (TPSA) is 92.7 Å². The summed E-state index contributed by atoms with van der Waals surface area (Å²) in [6.07, 6.45) is 1.67. The third kappa shape index (κ3) is 1.91. The third-order valence-corrected chi connectivity index (χ3v) is 3.88. The second kappa shape index (κ2) is 4.31. The van der Waals surface area contributed by atoms with Crippen molar-refractivity contribution in [3.8, 4) is 0 Å². The van der Waals surface area contributed by atoms with E-state index < -0.39 is 0 Å². The molecule has 2 aromatic heterocycles. The molecule has 0 amide bonds. The second-order valence-electron chi connectivity index (χ2n) is 3.01. The average Bonchev–Trinajstić information content (AvgIpc) is 2.80. The van der Waals surface area contributed by atoms with Crippen molar-refractivity contribution in [1.82, 2.24) is 15.6 Å². The summed E-state index contributed by atoms with van der Waals surface area (Å²) in [6, 6.07) is -0.149. The van der Waals surface area contributed by atoms with Gasteiger partial charge in [-0.2, -0.15) is 16.4 Å². The zero-order valence-corrected chi connectivity index (χ0v) is 10.1. The molecule has 80 valence electrons. The largest absolute Gasteiger partial charge is 0.384 e. The molecule has 7 heteroatoms. The predicted molar refractivity (Wildman–Crippen MR) is 64.2 cm³/mol. The maximum Gasteiger partial charge on any atom is 0.124 e. The lowest BCUT2D eigenvalue weighted by atomic mass is 10.1. The number of aromatic amines is 1. The Morgan fingerprint density at radius 1 is 1.47 bits per heavy atom. The van der Waals surface area contributed by atoms with Crippen LogP contribution in [-0.2, 0) is 0 Å². The molecule has 2 rings (SSSR count). The van der Waals surface area contributed by atoms with Crippen molar-refractivity contribution in [3.63, 3.8) is 0 Å². The number of nitrogens with one attached hydrogen (secondary N) is 2. The summed E-state index contributed by atoms with van der Waals surface area (Å²) in [5.41, 5.74) is 10.4. The predicted octanol–water partition coefficient (Wildman–Crippen LogP) is 1.37. The minimum absolute atomic E-state index is 0.149. The smallest absolute Gasteiger partial charge is 0.124 e. The highest BCUT2D eigenvalue weighted by Gasteiger charge is 2.19. The number of thiophene rings is 1. The Morgan fingerprint density at radius 3 is 2.73 bits per heavy atom. The van der Waals surface area contributed by atoms with Gasteiger partial charge in [0.15, 0.2) is 0 Å². The Kier molecular flexibility index (Phi) is 3.06. The van der Waals surface area contributed by atoms with Crippen LogP contribution in [-0.4, -0.2) is 10.2 Å². The first kappa shape index (κ1) is 10.6. The average molecular weight is 288 g/mol. The van der Waals surface area contributed by atoms with E-state index in [0.29, 0.717) is 5.82 Å². The van der Waals surface area contributed by atoms with Gasteiger partial charge in [0.1, 0.15) is 5.82 Å². The van der Waals surface area contributed by atoms with Crippen LogP contribution in [0.5, 0.6) is 0 Å². The van der Waals surface area contributed by atoms with Gasteiger partial charge < -0.3 is 5.73 Å². The van der Waals surface area contributed by atoms with Crippen molar-refractivity contribution >= 4 is 33.1 Å². The van der Waals surface area contributed by atoms with Gasteiger partial charge in [-0.3, -0.25) is 10.9 Å². The summed E-state index contributed by atoms with van der Waals surface area (Å²) in [5.74, 6) is 6.05. The number of aromatic nitrogens is 2. The molecule has 2 heterocycles. The maximum absolute atomic E-state index is 5.75. The molecule has 0 bridgehead atoms. The SMILES string of the molecule is NNC(c1cscc1Br)c1cn[nH]c1N. The first-order chi connectivity index (χ1) is 7.24. The minimum Gasteiger partial charge on any atom is -0.384 e. The summed E-state index contributed by atoms with van der Waals surface area (Å²) in [5, 5.41) is 10.6. The van der Waals surface area contributed by atoms with Crippen LogP contribution in [0.1, 0.15) is 17.2 Å². The van der Waals surface area contributed by atoms with Crippen LogP contribution >= 0.6 is 27.3 Å². The first-order valence-electron chi connectivity index (χ1n) is 4.20. The molecule has 0 aromatic carbocycles. The van der Waals surface area contributed by atoms with Crippen LogP contribution in [0.2, 0.25) is 0 Å². The summed E-state index contributed by atoms with van der Waals surface area (Å²) in [7, 11) is 0. The van der Waals surface area contributed by atoms with Crippen LogP contribution < -0.4 is 17.0 Å². The number of H-pyrrole nitrogens is 1. The molecular formula is C8H10BrN5S. The molecule has 15 heavy (non-hydrogen) atoms. The summed E-state index contributed by atoms with van der Waals surface area (Å²) >= 11 is 5.06. The molecule has 0 fully saturated rings. The van der Waals surface area contributed by atoms with Gasteiger partial charge in [-0.05, 0) is 26.9 Å². The van der Waals surface area contributed by atoms with Gasteiger partial charge >= 0.3 is 0 Å². The molecule has 0 saturated heterocycles. The van der Waals surface area contributed by atoms with Gasteiger partial charge in [0.25, 0.3) is 0 Å². The molecule has 0 aliphatic carbocycles. The number of hydrogen-bond donors (Lipinski definition) is 4. The fourth-order valence-corrected chi connectivity index (χ4v) is 2.93. The number of rotatable bonds is 3. The van der Waals surface area contributed by atoms with E-state index >= 15 is 0 Å². The van der Waals surface area contributed by atoms with E-state index in [-0.39, 0.29) is 6.04 Å². The normalized spacial score (nSPS) is 12.9.